The SMILES string of the molecule is COc1ccc(-c2ncc(C(=O)N3CCCC(CNC(C)=O)C3)s2)cc1. The summed E-state index contributed by atoms with van der Waals surface area (Å²) >= 11 is 1.41. The number of piperidine rings is 1. The molecule has 0 bridgehead atoms. The van der Waals surface area contributed by atoms with Crippen molar-refractivity contribution in [2.75, 3.05) is 26.7 Å². The number of ether oxygens (including phenoxy) is 1. The highest BCUT2D eigenvalue weighted by molar-refractivity contribution is 7.16. The Balaban J connectivity index is 1.66. The molecule has 0 saturated carbocycles. The lowest BCUT2D eigenvalue weighted by molar-refractivity contribution is -0.119. The van der Waals surface area contributed by atoms with Crippen molar-refractivity contribution < 1.29 is 14.3 Å². The van der Waals surface area contributed by atoms with Crippen LogP contribution in [0.1, 0.15) is 29.4 Å². The molecule has 0 aliphatic carbocycles. The second-order valence-corrected chi connectivity index (χ2v) is 7.49. The van der Waals surface area contributed by atoms with Gasteiger partial charge in [0.05, 0.1) is 13.3 Å². The van der Waals surface area contributed by atoms with Gasteiger partial charge < -0.3 is 15.0 Å². The van der Waals surface area contributed by atoms with Crippen molar-refractivity contribution in [2.45, 2.75) is 19.8 Å². The van der Waals surface area contributed by atoms with Gasteiger partial charge in [-0.2, -0.15) is 0 Å². The number of benzene rings is 1. The largest absolute Gasteiger partial charge is 0.497 e. The average Bonchev–Trinajstić information content (AvgIpc) is 3.16. The summed E-state index contributed by atoms with van der Waals surface area (Å²) in [6.45, 7) is 3.57. The Morgan fingerprint density at radius 2 is 2.12 bits per heavy atom. The van der Waals surface area contributed by atoms with E-state index in [1.54, 1.807) is 13.3 Å². The summed E-state index contributed by atoms with van der Waals surface area (Å²) in [6, 6.07) is 7.65. The molecule has 0 spiro atoms. The standard InChI is InChI=1S/C19H23N3O3S/c1-13(23)20-10-14-4-3-9-22(12-14)19(24)17-11-21-18(26-17)15-5-7-16(25-2)8-6-15/h5-8,11,14H,3-4,9-10,12H2,1-2H3,(H,20,23). The highest BCUT2D eigenvalue weighted by Gasteiger charge is 2.26. The lowest BCUT2D eigenvalue weighted by Crippen LogP contribution is -2.43. The van der Waals surface area contributed by atoms with Crippen molar-refractivity contribution in [1.29, 1.82) is 0 Å². The van der Waals surface area contributed by atoms with Crippen LogP contribution in [0.25, 0.3) is 10.6 Å². The molecule has 6 nitrogen and oxygen atoms in total. The molecule has 1 saturated heterocycles. The van der Waals surface area contributed by atoms with E-state index in [0.29, 0.717) is 23.9 Å². The topological polar surface area (TPSA) is 71.5 Å². The van der Waals surface area contributed by atoms with Crippen LogP contribution in [0.4, 0.5) is 0 Å². The van der Waals surface area contributed by atoms with Crippen molar-refractivity contribution in [3.63, 3.8) is 0 Å². The molecule has 3 rings (SSSR count). The smallest absolute Gasteiger partial charge is 0.265 e. The van der Waals surface area contributed by atoms with Crippen molar-refractivity contribution >= 4 is 23.2 Å². The number of thiazole rings is 1. The molecular formula is C19H23N3O3S. The molecule has 2 aromatic rings. The molecule has 1 atom stereocenters. The first-order valence-electron chi connectivity index (χ1n) is 8.71. The van der Waals surface area contributed by atoms with Crippen LogP contribution in [-0.4, -0.2) is 48.4 Å². The summed E-state index contributed by atoms with van der Waals surface area (Å²) < 4.78 is 5.17. The Bertz CT molecular complexity index is 773. The van der Waals surface area contributed by atoms with Gasteiger partial charge in [-0.05, 0) is 43.0 Å². The number of carbonyl (C=O) groups is 2. The minimum Gasteiger partial charge on any atom is -0.497 e. The van der Waals surface area contributed by atoms with Crippen LogP contribution in [0.15, 0.2) is 30.5 Å². The molecule has 1 aliphatic rings. The summed E-state index contributed by atoms with van der Waals surface area (Å²) in [5.74, 6) is 1.10. The second kappa shape index (κ2) is 8.31. The minimum atomic E-state index is -0.0277. The summed E-state index contributed by atoms with van der Waals surface area (Å²) in [5.41, 5.74) is 0.969. The number of carbonyl (C=O) groups excluding carboxylic acids is 2. The summed E-state index contributed by atoms with van der Waals surface area (Å²) in [6.07, 6.45) is 3.65. The summed E-state index contributed by atoms with van der Waals surface area (Å²) in [4.78, 5) is 30.8. The van der Waals surface area contributed by atoms with Gasteiger partial charge in [0.1, 0.15) is 15.6 Å². The number of rotatable bonds is 5. The van der Waals surface area contributed by atoms with Crippen molar-refractivity contribution in [1.82, 2.24) is 15.2 Å². The van der Waals surface area contributed by atoms with Gasteiger partial charge in [0, 0.05) is 32.1 Å². The molecule has 1 N–H and O–H groups in total. The zero-order valence-electron chi connectivity index (χ0n) is 15.0. The molecule has 1 aromatic heterocycles. The van der Waals surface area contributed by atoms with Crippen LogP contribution in [0.5, 0.6) is 5.75 Å². The average molecular weight is 373 g/mol. The molecule has 138 valence electrons. The number of hydrogen-bond acceptors (Lipinski definition) is 5. The number of nitrogens with zero attached hydrogens (tertiary/aromatic N) is 2. The molecule has 7 heteroatoms. The first-order valence-corrected chi connectivity index (χ1v) is 9.52. The third-order valence-corrected chi connectivity index (χ3v) is 5.53. The van der Waals surface area contributed by atoms with E-state index in [0.717, 1.165) is 35.7 Å². The molecule has 1 aliphatic heterocycles. The predicted octanol–water partition coefficient (Wildman–Crippen LogP) is 2.81. The number of likely N-dealkylation sites (tertiary alicyclic amines) is 1. The van der Waals surface area contributed by atoms with Gasteiger partial charge in [0.2, 0.25) is 5.91 Å². The third kappa shape index (κ3) is 4.40. The van der Waals surface area contributed by atoms with Gasteiger partial charge in [-0.3, -0.25) is 9.59 Å². The third-order valence-electron chi connectivity index (χ3n) is 4.50. The van der Waals surface area contributed by atoms with Gasteiger partial charge in [0.25, 0.3) is 5.91 Å². The Morgan fingerprint density at radius 1 is 1.35 bits per heavy atom. The Labute approximate surface area is 157 Å². The summed E-state index contributed by atoms with van der Waals surface area (Å²) in [5, 5.41) is 3.67. The molecule has 0 radical (unpaired) electrons. The molecular weight excluding hydrogens is 350 g/mol. The summed E-state index contributed by atoms with van der Waals surface area (Å²) in [7, 11) is 1.63. The maximum Gasteiger partial charge on any atom is 0.265 e. The van der Waals surface area contributed by atoms with Crippen molar-refractivity contribution in [3.8, 4) is 16.3 Å². The molecule has 26 heavy (non-hydrogen) atoms. The van der Waals surface area contributed by atoms with Crippen LogP contribution >= 0.6 is 11.3 Å². The molecule has 1 fully saturated rings. The zero-order valence-corrected chi connectivity index (χ0v) is 15.8. The maximum atomic E-state index is 12.8. The van der Waals surface area contributed by atoms with E-state index < -0.39 is 0 Å². The van der Waals surface area contributed by atoms with Crippen LogP contribution < -0.4 is 10.1 Å². The monoisotopic (exact) mass is 373 g/mol. The van der Waals surface area contributed by atoms with Gasteiger partial charge in [-0.1, -0.05) is 0 Å². The van der Waals surface area contributed by atoms with Crippen LogP contribution in [0, 0.1) is 5.92 Å². The number of nitrogens with one attached hydrogen (secondary N) is 1. The number of methoxy groups -OCH3 is 1. The Kier molecular flexibility index (Phi) is 5.88. The van der Waals surface area contributed by atoms with E-state index in [4.69, 9.17) is 4.74 Å². The van der Waals surface area contributed by atoms with Gasteiger partial charge in [-0.15, -0.1) is 11.3 Å². The molecule has 2 amide bonds. The first-order chi connectivity index (χ1) is 12.6. The van der Waals surface area contributed by atoms with E-state index >= 15 is 0 Å². The minimum absolute atomic E-state index is 0.0230. The molecule has 1 unspecified atom stereocenters. The fourth-order valence-electron chi connectivity index (χ4n) is 3.10. The van der Waals surface area contributed by atoms with Gasteiger partial charge in [-0.25, -0.2) is 4.98 Å². The fraction of sp³-hybridized carbons (Fsp3) is 0.421. The van der Waals surface area contributed by atoms with Crippen LogP contribution in [0.2, 0.25) is 0 Å². The number of hydrogen-bond donors (Lipinski definition) is 1. The molecule has 2 heterocycles. The highest BCUT2D eigenvalue weighted by atomic mass is 32.1. The number of amides is 2. The van der Waals surface area contributed by atoms with Gasteiger partial charge >= 0.3 is 0 Å². The number of aromatic nitrogens is 1. The van der Waals surface area contributed by atoms with E-state index in [1.807, 2.05) is 29.2 Å². The van der Waals surface area contributed by atoms with Crippen molar-refractivity contribution in [2.24, 2.45) is 5.92 Å². The lowest BCUT2D eigenvalue weighted by Gasteiger charge is -2.32. The maximum absolute atomic E-state index is 12.8. The van der Waals surface area contributed by atoms with E-state index in [9.17, 15) is 9.59 Å². The zero-order chi connectivity index (χ0) is 18.5. The normalized spacial score (nSPS) is 17.0. The Morgan fingerprint density at radius 3 is 2.81 bits per heavy atom. The molecule has 1 aromatic carbocycles. The van der Waals surface area contributed by atoms with E-state index in [1.165, 1.54) is 18.3 Å². The predicted molar refractivity (Wildman–Crippen MR) is 101 cm³/mol. The van der Waals surface area contributed by atoms with Crippen LogP contribution in [-0.2, 0) is 4.79 Å². The van der Waals surface area contributed by atoms with Crippen molar-refractivity contribution in [3.05, 3.63) is 35.3 Å². The van der Waals surface area contributed by atoms with E-state index in [2.05, 4.69) is 10.3 Å². The van der Waals surface area contributed by atoms with Crippen LogP contribution in [0.3, 0.4) is 0 Å². The second-order valence-electron chi connectivity index (χ2n) is 6.45. The van der Waals surface area contributed by atoms with E-state index in [-0.39, 0.29) is 11.8 Å². The first kappa shape index (κ1) is 18.4. The highest BCUT2D eigenvalue weighted by Crippen LogP contribution is 2.28. The quantitative estimate of drug-likeness (QED) is 0.875. The van der Waals surface area contributed by atoms with Gasteiger partial charge in [0.15, 0.2) is 0 Å². The Hall–Kier alpha value is -2.41. The fourth-order valence-corrected chi connectivity index (χ4v) is 3.99. The lowest BCUT2D eigenvalue weighted by atomic mass is 9.98.